The summed E-state index contributed by atoms with van der Waals surface area (Å²) in [5.41, 5.74) is 7.09. The summed E-state index contributed by atoms with van der Waals surface area (Å²) in [4.78, 5) is 35.8. The predicted octanol–water partition coefficient (Wildman–Crippen LogP) is 1.56. The summed E-state index contributed by atoms with van der Waals surface area (Å²) in [6.45, 7) is 1.91. The van der Waals surface area contributed by atoms with Crippen LogP contribution >= 0.6 is 0 Å². The summed E-state index contributed by atoms with van der Waals surface area (Å²) in [6, 6.07) is 17.1. The van der Waals surface area contributed by atoms with Gasteiger partial charge in [0.15, 0.2) is 6.10 Å². The smallest absolute Gasteiger partial charge is 0.329 e. The molecule has 28 heavy (non-hydrogen) atoms. The van der Waals surface area contributed by atoms with Crippen molar-refractivity contribution in [2.45, 2.75) is 31.9 Å². The van der Waals surface area contributed by atoms with Crippen LogP contribution in [0, 0.1) is 0 Å². The Morgan fingerprint density at radius 3 is 2.11 bits per heavy atom. The van der Waals surface area contributed by atoms with Gasteiger partial charge in [-0.2, -0.15) is 0 Å². The van der Waals surface area contributed by atoms with Gasteiger partial charge in [-0.3, -0.25) is 4.79 Å². The van der Waals surface area contributed by atoms with Gasteiger partial charge in [0.2, 0.25) is 0 Å². The van der Waals surface area contributed by atoms with E-state index in [1.807, 2.05) is 60.7 Å². The van der Waals surface area contributed by atoms with Gasteiger partial charge in [-0.25, -0.2) is 9.59 Å². The molecule has 0 saturated heterocycles. The zero-order chi connectivity index (χ0) is 20.4. The highest BCUT2D eigenvalue weighted by Gasteiger charge is 2.26. The Morgan fingerprint density at radius 2 is 1.54 bits per heavy atom. The van der Waals surface area contributed by atoms with Gasteiger partial charge in [0.1, 0.15) is 6.04 Å². The molecule has 0 bridgehead atoms. The van der Waals surface area contributed by atoms with Crippen LogP contribution in [0.1, 0.15) is 18.1 Å². The standard InChI is InChI=1S/C21H25N3O4/c1-15(19(25)23-13-12-16-8-4-2-5-9-16)28-20(26)18(24-21(22)27)14-17-10-6-3-7-11-17/h2-11,15,18H,12-14H2,1H3,(H,23,25)(H3,22,24,27)/t15-,18-/m0/s1. The maximum Gasteiger partial charge on any atom is 0.329 e. The van der Waals surface area contributed by atoms with Crippen LogP contribution < -0.4 is 16.4 Å². The zero-order valence-electron chi connectivity index (χ0n) is 15.8. The lowest BCUT2D eigenvalue weighted by Gasteiger charge is -2.19. The van der Waals surface area contributed by atoms with E-state index < -0.39 is 30.1 Å². The third kappa shape index (κ3) is 7.11. The lowest BCUT2D eigenvalue weighted by molar-refractivity contribution is -0.156. The lowest BCUT2D eigenvalue weighted by Crippen LogP contribution is -2.48. The second-order valence-electron chi connectivity index (χ2n) is 6.36. The fourth-order valence-electron chi connectivity index (χ4n) is 2.64. The van der Waals surface area contributed by atoms with Crippen LogP contribution in [0.4, 0.5) is 4.79 Å². The molecular weight excluding hydrogens is 358 g/mol. The largest absolute Gasteiger partial charge is 0.451 e. The average Bonchev–Trinajstić information content (AvgIpc) is 2.68. The second-order valence-corrected chi connectivity index (χ2v) is 6.36. The Balaban J connectivity index is 1.86. The van der Waals surface area contributed by atoms with Crippen molar-refractivity contribution in [3.05, 3.63) is 71.8 Å². The molecule has 0 radical (unpaired) electrons. The van der Waals surface area contributed by atoms with Crippen molar-refractivity contribution in [1.82, 2.24) is 10.6 Å². The van der Waals surface area contributed by atoms with Crippen molar-refractivity contribution >= 4 is 17.9 Å². The summed E-state index contributed by atoms with van der Waals surface area (Å²) < 4.78 is 5.23. The van der Waals surface area contributed by atoms with Crippen LogP contribution in [-0.4, -0.2) is 36.6 Å². The maximum atomic E-state index is 12.4. The SMILES string of the molecule is C[C@H](OC(=O)[C@H](Cc1ccccc1)NC(N)=O)C(=O)NCCc1ccccc1. The van der Waals surface area contributed by atoms with E-state index in [1.54, 1.807) is 0 Å². The summed E-state index contributed by atoms with van der Waals surface area (Å²) in [6.07, 6.45) is -0.103. The zero-order valence-corrected chi connectivity index (χ0v) is 15.8. The van der Waals surface area contributed by atoms with Crippen molar-refractivity contribution < 1.29 is 19.1 Å². The number of primary amides is 1. The van der Waals surface area contributed by atoms with Crippen molar-refractivity contribution in [2.75, 3.05) is 6.54 Å². The molecule has 0 aliphatic carbocycles. The first-order valence-electron chi connectivity index (χ1n) is 9.07. The Kier molecular flexibility index (Phi) is 8.02. The second kappa shape index (κ2) is 10.7. The van der Waals surface area contributed by atoms with Crippen LogP contribution in [0.3, 0.4) is 0 Å². The molecule has 2 aromatic carbocycles. The molecule has 7 heteroatoms. The normalized spacial score (nSPS) is 12.5. The van der Waals surface area contributed by atoms with Gasteiger partial charge in [0.05, 0.1) is 0 Å². The molecule has 0 spiro atoms. The first-order valence-corrected chi connectivity index (χ1v) is 9.07. The van der Waals surface area contributed by atoms with Gasteiger partial charge in [-0.1, -0.05) is 60.7 Å². The van der Waals surface area contributed by atoms with E-state index in [9.17, 15) is 14.4 Å². The van der Waals surface area contributed by atoms with Gasteiger partial charge >= 0.3 is 12.0 Å². The molecule has 0 aliphatic heterocycles. The van der Waals surface area contributed by atoms with Gasteiger partial charge < -0.3 is 21.1 Å². The van der Waals surface area contributed by atoms with Crippen LogP contribution in [0.15, 0.2) is 60.7 Å². The van der Waals surface area contributed by atoms with Crippen molar-refractivity contribution in [1.29, 1.82) is 0 Å². The molecule has 148 valence electrons. The predicted molar refractivity (Wildman–Crippen MR) is 105 cm³/mol. The molecule has 0 saturated carbocycles. The number of carbonyl (C=O) groups is 3. The van der Waals surface area contributed by atoms with E-state index in [0.29, 0.717) is 13.0 Å². The minimum atomic E-state index is -0.990. The maximum absolute atomic E-state index is 12.4. The van der Waals surface area contributed by atoms with Gasteiger partial charge in [0.25, 0.3) is 5.91 Å². The van der Waals surface area contributed by atoms with Crippen molar-refractivity contribution in [3.8, 4) is 0 Å². The van der Waals surface area contributed by atoms with Crippen LogP contribution in [0.25, 0.3) is 0 Å². The van der Waals surface area contributed by atoms with E-state index in [2.05, 4.69) is 10.6 Å². The van der Waals surface area contributed by atoms with Gasteiger partial charge in [-0.05, 0) is 24.5 Å². The number of nitrogens with one attached hydrogen (secondary N) is 2. The monoisotopic (exact) mass is 383 g/mol. The van der Waals surface area contributed by atoms with E-state index in [-0.39, 0.29) is 6.42 Å². The molecule has 3 amide bonds. The Bertz CT molecular complexity index is 781. The van der Waals surface area contributed by atoms with Gasteiger partial charge in [0, 0.05) is 13.0 Å². The minimum absolute atomic E-state index is 0.213. The van der Waals surface area contributed by atoms with E-state index in [4.69, 9.17) is 10.5 Å². The molecule has 0 heterocycles. The Labute approximate surface area is 164 Å². The number of amides is 3. The van der Waals surface area contributed by atoms with Crippen molar-refractivity contribution in [3.63, 3.8) is 0 Å². The van der Waals surface area contributed by atoms with Gasteiger partial charge in [-0.15, -0.1) is 0 Å². The number of urea groups is 1. The molecule has 2 atom stereocenters. The molecule has 2 aromatic rings. The molecule has 0 unspecified atom stereocenters. The third-order valence-electron chi connectivity index (χ3n) is 4.10. The number of hydrogen-bond acceptors (Lipinski definition) is 4. The summed E-state index contributed by atoms with van der Waals surface area (Å²) in [7, 11) is 0. The highest BCUT2D eigenvalue weighted by Crippen LogP contribution is 2.06. The first kappa shape index (κ1) is 21.0. The highest BCUT2D eigenvalue weighted by molar-refractivity contribution is 5.87. The summed E-state index contributed by atoms with van der Waals surface area (Å²) in [5, 5.41) is 5.11. The number of esters is 1. The lowest BCUT2D eigenvalue weighted by atomic mass is 10.1. The number of ether oxygens (including phenoxy) is 1. The molecule has 0 fully saturated rings. The molecule has 7 nitrogen and oxygen atoms in total. The molecule has 0 aliphatic rings. The van der Waals surface area contributed by atoms with E-state index >= 15 is 0 Å². The van der Waals surface area contributed by atoms with Crippen LogP contribution in [-0.2, 0) is 27.2 Å². The first-order chi connectivity index (χ1) is 13.5. The van der Waals surface area contributed by atoms with E-state index in [0.717, 1.165) is 11.1 Å². The number of carbonyl (C=O) groups excluding carboxylic acids is 3. The van der Waals surface area contributed by atoms with Crippen LogP contribution in [0.5, 0.6) is 0 Å². The summed E-state index contributed by atoms with van der Waals surface area (Å²) in [5.74, 6) is -1.12. The number of nitrogens with two attached hydrogens (primary N) is 1. The fraction of sp³-hybridized carbons (Fsp3) is 0.286. The number of hydrogen-bond donors (Lipinski definition) is 3. The fourth-order valence-corrected chi connectivity index (χ4v) is 2.64. The molecular formula is C21H25N3O4. The van der Waals surface area contributed by atoms with Crippen LogP contribution in [0.2, 0.25) is 0 Å². The minimum Gasteiger partial charge on any atom is -0.451 e. The van der Waals surface area contributed by atoms with Crippen molar-refractivity contribution in [2.24, 2.45) is 5.73 Å². The Morgan fingerprint density at radius 1 is 0.964 bits per heavy atom. The highest BCUT2D eigenvalue weighted by atomic mass is 16.5. The Hall–Kier alpha value is -3.35. The average molecular weight is 383 g/mol. The van der Waals surface area contributed by atoms with E-state index in [1.165, 1.54) is 6.92 Å². The molecule has 4 N–H and O–H groups in total. The number of benzene rings is 2. The third-order valence-corrected chi connectivity index (χ3v) is 4.10. The molecule has 2 rings (SSSR count). The number of rotatable bonds is 9. The topological polar surface area (TPSA) is 111 Å². The molecule has 0 aromatic heterocycles. The quantitative estimate of drug-likeness (QED) is 0.571. The summed E-state index contributed by atoms with van der Waals surface area (Å²) >= 11 is 0.